The average molecular weight is 289 g/mol. The Bertz CT molecular complexity index is 422. The first-order chi connectivity index (χ1) is 10.1. The molecule has 21 heavy (non-hydrogen) atoms. The van der Waals surface area contributed by atoms with Crippen LogP contribution in [0.25, 0.3) is 0 Å². The second-order valence-corrected chi connectivity index (χ2v) is 6.73. The van der Waals surface area contributed by atoms with Crippen LogP contribution in [0.3, 0.4) is 0 Å². The highest BCUT2D eigenvalue weighted by Gasteiger charge is 2.24. The number of nitrogens with zero attached hydrogens (tertiary/aromatic N) is 2. The maximum atomic E-state index is 4.35. The lowest BCUT2D eigenvalue weighted by Crippen LogP contribution is -2.36. The van der Waals surface area contributed by atoms with Crippen LogP contribution in [0.1, 0.15) is 58.4 Å². The molecule has 1 aliphatic carbocycles. The number of rotatable bonds is 6. The molecule has 1 aliphatic rings. The third kappa shape index (κ3) is 4.44. The van der Waals surface area contributed by atoms with Crippen LogP contribution in [0.5, 0.6) is 0 Å². The van der Waals surface area contributed by atoms with E-state index >= 15 is 0 Å². The molecule has 0 atom stereocenters. The molecule has 118 valence electrons. The van der Waals surface area contributed by atoms with E-state index in [1.54, 1.807) is 0 Å². The largest absolute Gasteiger partial charge is 0.370 e. The number of hydrogen-bond acceptors (Lipinski definition) is 3. The minimum atomic E-state index is 0.510. The van der Waals surface area contributed by atoms with E-state index in [9.17, 15) is 0 Å². The number of aromatic nitrogens is 1. The van der Waals surface area contributed by atoms with Gasteiger partial charge in [0.05, 0.1) is 11.9 Å². The molecule has 1 saturated carbocycles. The van der Waals surface area contributed by atoms with Crippen molar-refractivity contribution in [2.75, 3.05) is 11.9 Å². The molecule has 3 nitrogen and oxygen atoms in total. The molecule has 1 N–H and O–H groups in total. The van der Waals surface area contributed by atoms with Gasteiger partial charge in [0.25, 0.3) is 0 Å². The molecule has 0 bridgehead atoms. The Kier molecular flexibility index (Phi) is 6.04. The summed E-state index contributed by atoms with van der Waals surface area (Å²) in [5.74, 6) is 0.950. The zero-order chi connectivity index (χ0) is 15.2. The highest BCUT2D eigenvalue weighted by Crippen LogP contribution is 2.32. The summed E-state index contributed by atoms with van der Waals surface area (Å²) in [4.78, 5) is 6.82. The van der Waals surface area contributed by atoms with Gasteiger partial charge in [-0.05, 0) is 43.2 Å². The number of anilines is 1. The van der Waals surface area contributed by atoms with Gasteiger partial charge in [-0.25, -0.2) is 0 Å². The van der Waals surface area contributed by atoms with Crippen molar-refractivity contribution in [2.45, 2.75) is 71.5 Å². The standard InChI is InChI=1S/C18H31N3/c1-5-15-6-8-17(9-7-15)21(4)18-13-19-11-10-16(18)12-20-14(2)3/h10-11,13-15,17,20H,5-9,12H2,1-4H3. The van der Waals surface area contributed by atoms with Crippen LogP contribution in [-0.2, 0) is 6.54 Å². The molecule has 0 amide bonds. The minimum Gasteiger partial charge on any atom is -0.370 e. The SMILES string of the molecule is CCC1CCC(N(C)c2cnccc2CNC(C)C)CC1. The van der Waals surface area contributed by atoms with Crippen LogP contribution in [-0.4, -0.2) is 24.1 Å². The first kappa shape index (κ1) is 16.3. The van der Waals surface area contributed by atoms with Crippen molar-refractivity contribution in [3.8, 4) is 0 Å². The van der Waals surface area contributed by atoms with E-state index in [1.165, 1.54) is 43.4 Å². The maximum Gasteiger partial charge on any atom is 0.0598 e. The molecule has 0 unspecified atom stereocenters. The number of pyridine rings is 1. The van der Waals surface area contributed by atoms with Gasteiger partial charge < -0.3 is 10.2 Å². The normalized spacial score (nSPS) is 22.5. The fourth-order valence-electron chi connectivity index (χ4n) is 3.33. The molecule has 0 aromatic carbocycles. The lowest BCUT2D eigenvalue weighted by atomic mass is 9.84. The van der Waals surface area contributed by atoms with E-state index in [1.807, 2.05) is 12.4 Å². The van der Waals surface area contributed by atoms with Crippen LogP contribution in [0.15, 0.2) is 18.5 Å². The molecule has 0 aliphatic heterocycles. The van der Waals surface area contributed by atoms with Crippen molar-refractivity contribution in [2.24, 2.45) is 5.92 Å². The van der Waals surface area contributed by atoms with Crippen molar-refractivity contribution < 1.29 is 0 Å². The number of nitrogens with one attached hydrogen (secondary N) is 1. The van der Waals surface area contributed by atoms with E-state index < -0.39 is 0 Å². The van der Waals surface area contributed by atoms with E-state index in [2.05, 4.69) is 49.1 Å². The van der Waals surface area contributed by atoms with E-state index in [0.29, 0.717) is 12.1 Å². The number of hydrogen-bond donors (Lipinski definition) is 1. The van der Waals surface area contributed by atoms with Crippen molar-refractivity contribution in [3.05, 3.63) is 24.0 Å². The zero-order valence-electron chi connectivity index (χ0n) is 14.1. The summed E-state index contributed by atoms with van der Waals surface area (Å²) < 4.78 is 0. The third-order valence-corrected chi connectivity index (χ3v) is 4.91. The summed E-state index contributed by atoms with van der Waals surface area (Å²) in [6.45, 7) is 7.63. The minimum absolute atomic E-state index is 0.510. The molecular formula is C18H31N3. The summed E-state index contributed by atoms with van der Waals surface area (Å²) in [7, 11) is 2.24. The van der Waals surface area contributed by atoms with Crippen LogP contribution >= 0.6 is 0 Å². The van der Waals surface area contributed by atoms with Crippen molar-refractivity contribution in [1.29, 1.82) is 0 Å². The summed E-state index contributed by atoms with van der Waals surface area (Å²) in [5, 5.41) is 3.52. The van der Waals surface area contributed by atoms with Crippen molar-refractivity contribution >= 4 is 5.69 Å². The van der Waals surface area contributed by atoms with Crippen molar-refractivity contribution in [3.63, 3.8) is 0 Å². The summed E-state index contributed by atoms with van der Waals surface area (Å²) in [6.07, 6.45) is 10.7. The van der Waals surface area contributed by atoms with Crippen LogP contribution < -0.4 is 10.2 Å². The lowest BCUT2D eigenvalue weighted by molar-refractivity contribution is 0.313. The fraction of sp³-hybridized carbons (Fsp3) is 0.722. The Morgan fingerprint density at radius 1 is 1.29 bits per heavy atom. The van der Waals surface area contributed by atoms with Gasteiger partial charge in [0.2, 0.25) is 0 Å². The first-order valence-electron chi connectivity index (χ1n) is 8.50. The van der Waals surface area contributed by atoms with Crippen LogP contribution in [0.2, 0.25) is 0 Å². The quantitative estimate of drug-likeness (QED) is 0.858. The smallest absolute Gasteiger partial charge is 0.0598 e. The Morgan fingerprint density at radius 2 is 2.00 bits per heavy atom. The molecule has 1 aromatic rings. The Morgan fingerprint density at radius 3 is 2.62 bits per heavy atom. The summed E-state index contributed by atoms with van der Waals surface area (Å²) >= 11 is 0. The molecular weight excluding hydrogens is 258 g/mol. The summed E-state index contributed by atoms with van der Waals surface area (Å²) in [5.41, 5.74) is 2.66. The van der Waals surface area contributed by atoms with Crippen LogP contribution in [0.4, 0.5) is 5.69 Å². The van der Waals surface area contributed by atoms with Gasteiger partial charge >= 0.3 is 0 Å². The maximum absolute atomic E-state index is 4.35. The van der Waals surface area contributed by atoms with E-state index in [4.69, 9.17) is 0 Å². The van der Waals surface area contributed by atoms with Gasteiger partial charge in [-0.3, -0.25) is 4.98 Å². The molecule has 1 heterocycles. The van der Waals surface area contributed by atoms with E-state index in [-0.39, 0.29) is 0 Å². The Labute approximate surface area is 130 Å². The Hall–Kier alpha value is -1.09. The highest BCUT2D eigenvalue weighted by atomic mass is 15.1. The predicted octanol–water partition coefficient (Wildman–Crippen LogP) is 3.98. The molecule has 1 aromatic heterocycles. The van der Waals surface area contributed by atoms with Gasteiger partial charge in [0.1, 0.15) is 0 Å². The van der Waals surface area contributed by atoms with Crippen LogP contribution in [0, 0.1) is 5.92 Å². The molecule has 3 heteroatoms. The average Bonchev–Trinajstić information content (AvgIpc) is 2.52. The second-order valence-electron chi connectivity index (χ2n) is 6.73. The van der Waals surface area contributed by atoms with Gasteiger partial charge in [-0.15, -0.1) is 0 Å². The van der Waals surface area contributed by atoms with E-state index in [0.717, 1.165) is 12.5 Å². The molecule has 0 radical (unpaired) electrons. The van der Waals surface area contributed by atoms with Gasteiger partial charge in [0.15, 0.2) is 0 Å². The Balaban J connectivity index is 2.03. The molecule has 0 saturated heterocycles. The third-order valence-electron chi connectivity index (χ3n) is 4.91. The van der Waals surface area contributed by atoms with Gasteiger partial charge in [-0.2, -0.15) is 0 Å². The first-order valence-corrected chi connectivity index (χ1v) is 8.50. The fourth-order valence-corrected chi connectivity index (χ4v) is 3.33. The highest BCUT2D eigenvalue weighted by molar-refractivity contribution is 5.52. The molecule has 1 fully saturated rings. The van der Waals surface area contributed by atoms with Gasteiger partial charge in [-0.1, -0.05) is 27.2 Å². The zero-order valence-corrected chi connectivity index (χ0v) is 14.1. The predicted molar refractivity (Wildman–Crippen MR) is 90.7 cm³/mol. The van der Waals surface area contributed by atoms with Gasteiger partial charge in [0, 0.05) is 31.9 Å². The molecule has 0 spiro atoms. The molecule has 2 rings (SSSR count). The van der Waals surface area contributed by atoms with Crippen molar-refractivity contribution in [1.82, 2.24) is 10.3 Å². The summed E-state index contributed by atoms with van der Waals surface area (Å²) in [6, 6.07) is 3.34. The topological polar surface area (TPSA) is 28.2 Å². The second kappa shape index (κ2) is 7.79. The monoisotopic (exact) mass is 289 g/mol. The lowest BCUT2D eigenvalue weighted by Gasteiger charge is -2.36.